The van der Waals surface area contributed by atoms with Crippen molar-refractivity contribution >= 4 is 27.7 Å². The summed E-state index contributed by atoms with van der Waals surface area (Å²) in [7, 11) is -3.67. The van der Waals surface area contributed by atoms with E-state index in [4.69, 9.17) is 0 Å². The summed E-state index contributed by atoms with van der Waals surface area (Å²) in [6, 6.07) is 5.71. The molecule has 0 saturated carbocycles. The summed E-state index contributed by atoms with van der Waals surface area (Å²) in [6.07, 6.45) is 2.07. The largest absolute Gasteiger partial charge is 0.350 e. The lowest BCUT2D eigenvalue weighted by Gasteiger charge is -2.21. The molecule has 0 aliphatic carbocycles. The second kappa shape index (κ2) is 8.72. The monoisotopic (exact) mass is 408 g/mol. The molecule has 1 aromatic rings. The Balaban J connectivity index is 2.17. The number of sulfonamides is 1. The molecule has 1 aliphatic heterocycles. The number of amides is 2. The van der Waals surface area contributed by atoms with Gasteiger partial charge in [-0.25, -0.2) is 8.42 Å². The average molecular weight is 409 g/mol. The van der Waals surface area contributed by atoms with E-state index in [2.05, 4.69) is 20.3 Å². The number of benzene rings is 1. The van der Waals surface area contributed by atoms with Crippen LogP contribution < -0.4 is 15.4 Å². The number of hydrogen-bond donors (Lipinski definition) is 3. The zero-order chi connectivity index (χ0) is 20.9. The van der Waals surface area contributed by atoms with Gasteiger partial charge in [-0.3, -0.25) is 19.3 Å². The van der Waals surface area contributed by atoms with E-state index >= 15 is 0 Å². The smallest absolute Gasteiger partial charge is 0.263 e. The van der Waals surface area contributed by atoms with Gasteiger partial charge in [0.1, 0.15) is 11.9 Å². The first kappa shape index (κ1) is 21.9. The molecule has 1 atom stereocenters. The predicted molar refractivity (Wildman–Crippen MR) is 108 cm³/mol. The number of rotatable bonds is 7. The Morgan fingerprint density at radius 3 is 2.54 bits per heavy atom. The van der Waals surface area contributed by atoms with E-state index in [0.29, 0.717) is 12.0 Å². The number of nitrogens with zero attached hydrogens (tertiary/aromatic N) is 1. The Hall–Kier alpha value is -2.42. The summed E-state index contributed by atoms with van der Waals surface area (Å²) in [4.78, 5) is 29.1. The Labute approximate surface area is 166 Å². The molecule has 9 heteroatoms. The highest BCUT2D eigenvalue weighted by Crippen LogP contribution is 2.23. The van der Waals surface area contributed by atoms with Gasteiger partial charge in [0, 0.05) is 11.1 Å². The fourth-order valence-corrected chi connectivity index (χ4v) is 4.02. The molecule has 8 nitrogen and oxygen atoms in total. The average Bonchev–Trinajstić information content (AvgIpc) is 2.86. The maximum absolute atomic E-state index is 12.6. The van der Waals surface area contributed by atoms with Crippen molar-refractivity contribution in [3.05, 3.63) is 29.8 Å². The van der Waals surface area contributed by atoms with Gasteiger partial charge in [-0.05, 0) is 39.3 Å². The lowest BCUT2D eigenvalue weighted by Crippen LogP contribution is -2.47. The molecule has 28 heavy (non-hydrogen) atoms. The number of hydrogen-bond acceptors (Lipinski definition) is 5. The SMILES string of the molecule is CCCCC(N=C1NS(=O)(=O)c2ccccc21)C(=O)NCC(=O)NC(C)(C)C. The van der Waals surface area contributed by atoms with Crippen LogP contribution in [0.5, 0.6) is 0 Å². The maximum atomic E-state index is 12.6. The number of carbonyl (C=O) groups is 2. The van der Waals surface area contributed by atoms with Crippen molar-refractivity contribution in [2.75, 3.05) is 6.54 Å². The molecule has 3 N–H and O–H groups in total. The summed E-state index contributed by atoms with van der Waals surface area (Å²) in [6.45, 7) is 7.39. The minimum Gasteiger partial charge on any atom is -0.350 e. The van der Waals surface area contributed by atoms with E-state index in [1.165, 1.54) is 6.07 Å². The van der Waals surface area contributed by atoms with Crippen LogP contribution >= 0.6 is 0 Å². The molecular weight excluding hydrogens is 380 g/mol. The molecule has 0 saturated heterocycles. The van der Waals surface area contributed by atoms with Crippen molar-refractivity contribution in [2.45, 2.75) is 63.4 Å². The van der Waals surface area contributed by atoms with Gasteiger partial charge in [0.05, 0.1) is 11.4 Å². The fraction of sp³-hybridized carbons (Fsp3) is 0.526. The van der Waals surface area contributed by atoms with Gasteiger partial charge in [-0.15, -0.1) is 0 Å². The molecule has 0 bridgehead atoms. The normalized spacial score (nSPS) is 17.5. The van der Waals surface area contributed by atoms with Crippen LogP contribution in [-0.4, -0.2) is 44.2 Å². The van der Waals surface area contributed by atoms with Crippen molar-refractivity contribution in [3.8, 4) is 0 Å². The van der Waals surface area contributed by atoms with E-state index in [-0.39, 0.29) is 23.2 Å². The summed E-state index contributed by atoms with van der Waals surface area (Å²) in [5.74, 6) is -0.547. The standard InChI is InChI=1S/C19H28N4O4S/c1-5-6-10-14(18(25)20-12-16(24)22-19(2,3)4)21-17-13-9-7-8-11-15(13)28(26,27)23-17/h7-9,11,14H,5-6,10,12H2,1-4H3,(H,20,25)(H,21,23)(H,22,24). The van der Waals surface area contributed by atoms with E-state index in [1.54, 1.807) is 18.2 Å². The van der Waals surface area contributed by atoms with E-state index in [1.807, 2.05) is 27.7 Å². The highest BCUT2D eigenvalue weighted by Gasteiger charge is 2.31. The molecular formula is C19H28N4O4S. The summed E-state index contributed by atoms with van der Waals surface area (Å²) < 4.78 is 26.9. The molecule has 0 aromatic heterocycles. The minimum absolute atomic E-state index is 0.146. The van der Waals surface area contributed by atoms with Gasteiger partial charge in [0.25, 0.3) is 10.0 Å². The molecule has 154 valence electrons. The van der Waals surface area contributed by atoms with Crippen LogP contribution in [0.3, 0.4) is 0 Å². The van der Waals surface area contributed by atoms with Crippen molar-refractivity contribution in [1.29, 1.82) is 0 Å². The third kappa shape index (κ3) is 5.79. The fourth-order valence-electron chi connectivity index (χ4n) is 2.78. The topological polar surface area (TPSA) is 117 Å². The van der Waals surface area contributed by atoms with Crippen molar-refractivity contribution in [1.82, 2.24) is 15.4 Å². The zero-order valence-corrected chi connectivity index (χ0v) is 17.5. The van der Waals surface area contributed by atoms with Crippen molar-refractivity contribution in [3.63, 3.8) is 0 Å². The number of aliphatic imine (C=N–C) groups is 1. The predicted octanol–water partition coefficient (Wildman–Crippen LogP) is 1.31. The zero-order valence-electron chi connectivity index (χ0n) is 16.7. The van der Waals surface area contributed by atoms with Gasteiger partial charge < -0.3 is 10.6 Å². The van der Waals surface area contributed by atoms with Crippen LogP contribution in [0.1, 0.15) is 52.5 Å². The first-order chi connectivity index (χ1) is 13.0. The van der Waals surface area contributed by atoms with Crippen molar-refractivity contribution < 1.29 is 18.0 Å². The maximum Gasteiger partial charge on any atom is 0.263 e. The Morgan fingerprint density at radius 1 is 1.21 bits per heavy atom. The molecule has 2 rings (SSSR count). The van der Waals surface area contributed by atoms with Crippen LogP contribution in [0, 0.1) is 0 Å². The minimum atomic E-state index is -3.67. The molecule has 1 aliphatic rings. The highest BCUT2D eigenvalue weighted by atomic mass is 32.2. The quantitative estimate of drug-likeness (QED) is 0.631. The first-order valence-electron chi connectivity index (χ1n) is 9.32. The molecule has 1 heterocycles. The molecule has 2 amide bonds. The van der Waals surface area contributed by atoms with Gasteiger partial charge in [-0.2, -0.15) is 0 Å². The number of amidine groups is 1. The second-order valence-electron chi connectivity index (χ2n) is 7.75. The molecule has 0 fully saturated rings. The number of fused-ring (bicyclic) bond motifs is 1. The lowest BCUT2D eigenvalue weighted by atomic mass is 10.1. The summed E-state index contributed by atoms with van der Waals surface area (Å²) >= 11 is 0. The third-order valence-corrected chi connectivity index (χ3v) is 5.42. The van der Waals surface area contributed by atoms with Crippen LogP contribution in [0.25, 0.3) is 0 Å². The lowest BCUT2D eigenvalue weighted by molar-refractivity contribution is -0.127. The molecule has 1 unspecified atom stereocenters. The first-order valence-corrected chi connectivity index (χ1v) is 10.8. The van der Waals surface area contributed by atoms with Crippen LogP contribution in [0.15, 0.2) is 34.2 Å². The highest BCUT2D eigenvalue weighted by molar-refractivity contribution is 7.90. The Kier molecular flexibility index (Phi) is 6.82. The van der Waals surface area contributed by atoms with Crippen LogP contribution in [0.2, 0.25) is 0 Å². The summed E-state index contributed by atoms with van der Waals surface area (Å²) in [5.41, 5.74) is 0.0532. The van der Waals surface area contributed by atoms with Crippen LogP contribution in [0.4, 0.5) is 0 Å². The van der Waals surface area contributed by atoms with Crippen LogP contribution in [-0.2, 0) is 19.6 Å². The van der Waals surface area contributed by atoms with Gasteiger partial charge in [0.15, 0.2) is 0 Å². The van der Waals surface area contributed by atoms with E-state index < -0.39 is 27.5 Å². The third-order valence-electron chi connectivity index (χ3n) is 4.02. The molecule has 0 radical (unpaired) electrons. The number of carbonyl (C=O) groups excluding carboxylic acids is 2. The Bertz CT molecular complexity index is 872. The van der Waals surface area contributed by atoms with Gasteiger partial charge in [0.2, 0.25) is 11.8 Å². The van der Waals surface area contributed by atoms with E-state index in [9.17, 15) is 18.0 Å². The second-order valence-corrected chi connectivity index (χ2v) is 9.40. The number of unbranched alkanes of at least 4 members (excludes halogenated alkanes) is 1. The number of nitrogens with one attached hydrogen (secondary N) is 3. The van der Waals surface area contributed by atoms with E-state index in [0.717, 1.165) is 12.8 Å². The van der Waals surface area contributed by atoms with Gasteiger partial charge >= 0.3 is 0 Å². The van der Waals surface area contributed by atoms with Gasteiger partial charge in [-0.1, -0.05) is 31.9 Å². The molecule has 1 aromatic carbocycles. The van der Waals surface area contributed by atoms with Crippen molar-refractivity contribution in [2.24, 2.45) is 4.99 Å². The Morgan fingerprint density at radius 2 is 1.89 bits per heavy atom. The molecule has 0 spiro atoms. The summed E-state index contributed by atoms with van der Waals surface area (Å²) in [5, 5.41) is 5.37.